The largest absolute Gasteiger partial charge is 0.497 e. The Morgan fingerprint density at radius 3 is 2.38 bits per heavy atom. The van der Waals surface area contributed by atoms with Crippen LogP contribution in [0.15, 0.2) is 96.6 Å². The number of nitrogens with zero attached hydrogens (tertiary/aromatic N) is 1. The van der Waals surface area contributed by atoms with E-state index >= 15 is 0 Å². The predicted molar refractivity (Wildman–Crippen MR) is 134 cm³/mol. The average molecular weight is 447 g/mol. The Hall–Kier alpha value is -4.89. The number of nitrogens with one attached hydrogen (secondary N) is 2. The Balaban J connectivity index is 1.51. The number of rotatable bonds is 6. The number of hydrogen-bond donors (Lipinski definition) is 2. The second-order valence-corrected chi connectivity index (χ2v) is 7.46. The lowest BCUT2D eigenvalue weighted by Crippen LogP contribution is -2.14. The molecule has 4 aromatic rings. The van der Waals surface area contributed by atoms with Crippen LogP contribution in [0, 0.1) is 11.3 Å². The highest BCUT2D eigenvalue weighted by atomic mass is 16.5. The normalized spacial score (nSPS) is 10.9. The third-order valence-electron chi connectivity index (χ3n) is 5.21. The molecule has 6 heteroatoms. The molecule has 0 aromatic heterocycles. The number of ether oxygens (including phenoxy) is 1. The van der Waals surface area contributed by atoms with E-state index in [4.69, 9.17) is 4.74 Å². The van der Waals surface area contributed by atoms with Crippen molar-refractivity contribution < 1.29 is 14.3 Å². The van der Waals surface area contributed by atoms with E-state index in [1.54, 1.807) is 61.7 Å². The van der Waals surface area contributed by atoms with Gasteiger partial charge in [-0.2, -0.15) is 5.26 Å². The standard InChI is InChI=1S/C28H21N3O3/c1-34-24-14-12-21(13-15-24)27(32)30-23-9-4-6-19(17-23)16-22(18-29)28(33)31-26-11-5-8-20-7-2-3-10-25(20)26/h2-17H,1H3,(H,30,32)(H,31,33)/b22-16+. The average Bonchev–Trinajstić information content (AvgIpc) is 2.87. The second-order valence-electron chi connectivity index (χ2n) is 7.46. The van der Waals surface area contributed by atoms with Crippen molar-refractivity contribution in [3.63, 3.8) is 0 Å². The number of nitriles is 1. The lowest BCUT2D eigenvalue weighted by Gasteiger charge is -2.09. The molecule has 34 heavy (non-hydrogen) atoms. The minimum Gasteiger partial charge on any atom is -0.497 e. The molecule has 6 nitrogen and oxygen atoms in total. The van der Waals surface area contributed by atoms with E-state index in [-0.39, 0.29) is 11.5 Å². The van der Waals surface area contributed by atoms with Crippen LogP contribution < -0.4 is 15.4 Å². The zero-order chi connectivity index (χ0) is 23.9. The van der Waals surface area contributed by atoms with Crippen LogP contribution >= 0.6 is 0 Å². The number of anilines is 2. The van der Waals surface area contributed by atoms with Gasteiger partial charge in [-0.05, 0) is 59.5 Å². The van der Waals surface area contributed by atoms with E-state index in [1.807, 2.05) is 42.5 Å². The van der Waals surface area contributed by atoms with Gasteiger partial charge in [0.25, 0.3) is 11.8 Å². The van der Waals surface area contributed by atoms with Gasteiger partial charge in [0, 0.05) is 22.3 Å². The molecule has 0 unspecified atom stereocenters. The number of benzene rings is 4. The predicted octanol–water partition coefficient (Wildman–Crippen LogP) is 5.65. The zero-order valence-corrected chi connectivity index (χ0v) is 18.4. The minimum absolute atomic E-state index is 0.0495. The van der Waals surface area contributed by atoms with Crippen molar-refractivity contribution in [3.05, 3.63) is 108 Å². The molecule has 0 heterocycles. The van der Waals surface area contributed by atoms with Gasteiger partial charge in [-0.25, -0.2) is 0 Å². The number of hydrogen-bond acceptors (Lipinski definition) is 4. The quantitative estimate of drug-likeness (QED) is 0.295. The van der Waals surface area contributed by atoms with Crippen LogP contribution in [-0.4, -0.2) is 18.9 Å². The van der Waals surface area contributed by atoms with Gasteiger partial charge >= 0.3 is 0 Å². The maximum atomic E-state index is 12.8. The molecule has 0 saturated heterocycles. The third-order valence-corrected chi connectivity index (χ3v) is 5.21. The molecule has 166 valence electrons. The van der Waals surface area contributed by atoms with Crippen molar-refractivity contribution >= 4 is 40.0 Å². The van der Waals surface area contributed by atoms with Crippen LogP contribution in [0.2, 0.25) is 0 Å². The van der Waals surface area contributed by atoms with E-state index < -0.39 is 5.91 Å². The van der Waals surface area contributed by atoms with Crippen LogP contribution in [-0.2, 0) is 4.79 Å². The first kappa shape index (κ1) is 22.3. The van der Waals surface area contributed by atoms with Crippen molar-refractivity contribution in [2.45, 2.75) is 0 Å². The first-order chi connectivity index (χ1) is 16.6. The van der Waals surface area contributed by atoms with E-state index in [0.29, 0.717) is 28.3 Å². The van der Waals surface area contributed by atoms with Crippen molar-refractivity contribution in [2.75, 3.05) is 17.7 Å². The Kier molecular flexibility index (Phi) is 6.66. The minimum atomic E-state index is -0.508. The molecule has 2 N–H and O–H groups in total. The summed E-state index contributed by atoms with van der Waals surface area (Å²) < 4.78 is 5.11. The second kappa shape index (κ2) is 10.2. The fourth-order valence-electron chi connectivity index (χ4n) is 3.49. The van der Waals surface area contributed by atoms with E-state index in [2.05, 4.69) is 10.6 Å². The van der Waals surface area contributed by atoms with Crippen molar-refractivity contribution in [1.82, 2.24) is 0 Å². The molecular weight excluding hydrogens is 426 g/mol. The lowest BCUT2D eigenvalue weighted by atomic mass is 10.1. The number of carbonyl (C=O) groups is 2. The summed E-state index contributed by atoms with van der Waals surface area (Å²) >= 11 is 0. The Morgan fingerprint density at radius 1 is 0.882 bits per heavy atom. The molecule has 2 amide bonds. The highest BCUT2D eigenvalue weighted by Gasteiger charge is 2.12. The third kappa shape index (κ3) is 5.12. The van der Waals surface area contributed by atoms with E-state index in [9.17, 15) is 14.9 Å². The highest BCUT2D eigenvalue weighted by molar-refractivity contribution is 6.13. The van der Waals surface area contributed by atoms with Crippen molar-refractivity contribution in [1.29, 1.82) is 5.26 Å². The van der Waals surface area contributed by atoms with Gasteiger partial charge < -0.3 is 15.4 Å². The molecule has 0 atom stereocenters. The van der Waals surface area contributed by atoms with Crippen LogP contribution in [0.25, 0.3) is 16.8 Å². The molecule has 0 aliphatic heterocycles. The highest BCUT2D eigenvalue weighted by Crippen LogP contribution is 2.24. The first-order valence-corrected chi connectivity index (χ1v) is 10.5. The van der Waals surface area contributed by atoms with Crippen LogP contribution in [0.5, 0.6) is 5.75 Å². The summed E-state index contributed by atoms with van der Waals surface area (Å²) in [5.74, 6) is -0.126. The smallest absolute Gasteiger partial charge is 0.266 e. The Labute approximate surface area is 197 Å². The summed E-state index contributed by atoms with van der Waals surface area (Å²) in [5.41, 5.74) is 2.21. The number of methoxy groups -OCH3 is 1. The summed E-state index contributed by atoms with van der Waals surface area (Å²) in [4.78, 5) is 25.3. The molecule has 0 radical (unpaired) electrons. The Morgan fingerprint density at radius 2 is 1.62 bits per heavy atom. The summed E-state index contributed by atoms with van der Waals surface area (Å²) in [7, 11) is 1.56. The fraction of sp³-hybridized carbons (Fsp3) is 0.0357. The molecule has 0 aliphatic carbocycles. The van der Waals surface area contributed by atoms with E-state index in [0.717, 1.165) is 10.8 Å². The van der Waals surface area contributed by atoms with Gasteiger partial charge in [0.15, 0.2) is 0 Å². The first-order valence-electron chi connectivity index (χ1n) is 10.5. The van der Waals surface area contributed by atoms with Crippen LogP contribution in [0.1, 0.15) is 15.9 Å². The van der Waals surface area contributed by atoms with E-state index in [1.165, 1.54) is 6.08 Å². The van der Waals surface area contributed by atoms with Crippen molar-refractivity contribution in [3.8, 4) is 11.8 Å². The maximum Gasteiger partial charge on any atom is 0.266 e. The van der Waals surface area contributed by atoms with Crippen LogP contribution in [0.3, 0.4) is 0 Å². The summed E-state index contributed by atoms with van der Waals surface area (Å²) in [6.07, 6.45) is 1.49. The lowest BCUT2D eigenvalue weighted by molar-refractivity contribution is -0.112. The monoisotopic (exact) mass is 447 g/mol. The van der Waals surface area contributed by atoms with Gasteiger partial charge in [0.1, 0.15) is 17.4 Å². The summed E-state index contributed by atoms with van der Waals surface area (Å²) in [5, 5.41) is 17.1. The maximum absolute atomic E-state index is 12.8. The number of carbonyl (C=O) groups excluding carboxylic acids is 2. The summed E-state index contributed by atoms with van der Waals surface area (Å²) in [6.45, 7) is 0. The van der Waals surface area contributed by atoms with Gasteiger partial charge in [-0.15, -0.1) is 0 Å². The zero-order valence-electron chi connectivity index (χ0n) is 18.4. The van der Waals surface area contributed by atoms with Gasteiger partial charge in [0.2, 0.25) is 0 Å². The van der Waals surface area contributed by atoms with Gasteiger partial charge in [-0.1, -0.05) is 48.5 Å². The SMILES string of the molecule is COc1ccc(C(=O)Nc2cccc(/C=C(\C#N)C(=O)Nc3cccc4ccccc34)c2)cc1. The van der Waals surface area contributed by atoms with Crippen molar-refractivity contribution in [2.24, 2.45) is 0 Å². The molecule has 0 spiro atoms. The number of fused-ring (bicyclic) bond motifs is 1. The Bertz CT molecular complexity index is 1430. The fourth-order valence-corrected chi connectivity index (χ4v) is 3.49. The molecule has 4 rings (SSSR count). The van der Waals surface area contributed by atoms with Gasteiger partial charge in [-0.3, -0.25) is 9.59 Å². The van der Waals surface area contributed by atoms with Gasteiger partial charge in [0.05, 0.1) is 7.11 Å². The topological polar surface area (TPSA) is 91.2 Å². The summed E-state index contributed by atoms with van der Waals surface area (Å²) in [6, 6.07) is 28.9. The molecular formula is C28H21N3O3. The molecule has 4 aromatic carbocycles. The molecule has 0 saturated carbocycles. The molecule has 0 aliphatic rings. The molecule has 0 bridgehead atoms. The van der Waals surface area contributed by atoms with Crippen LogP contribution in [0.4, 0.5) is 11.4 Å². The molecule has 0 fully saturated rings. The number of amides is 2.